The lowest BCUT2D eigenvalue weighted by atomic mass is 10.1. The van der Waals surface area contributed by atoms with Gasteiger partial charge in [-0.25, -0.2) is 14.1 Å². The van der Waals surface area contributed by atoms with Crippen molar-refractivity contribution in [1.82, 2.24) is 5.32 Å². The van der Waals surface area contributed by atoms with E-state index in [0.29, 0.717) is 51.1 Å². The Morgan fingerprint density at radius 3 is 2.32 bits per heavy atom. The highest BCUT2D eigenvalue weighted by atomic mass is 79.9. The number of anilines is 1. The van der Waals surface area contributed by atoms with Crippen LogP contribution in [0.5, 0.6) is 17.2 Å². The van der Waals surface area contributed by atoms with E-state index in [1.54, 1.807) is 67.6 Å². The molecule has 1 saturated heterocycles. The summed E-state index contributed by atoms with van der Waals surface area (Å²) in [6.07, 6.45) is 1.37. The summed E-state index contributed by atoms with van der Waals surface area (Å²) >= 11 is 9.39. The maximum atomic E-state index is 13.6. The summed E-state index contributed by atoms with van der Waals surface area (Å²) < 4.78 is 31.6. The van der Waals surface area contributed by atoms with Gasteiger partial charge in [0.2, 0.25) is 0 Å². The van der Waals surface area contributed by atoms with Gasteiger partial charge in [0.1, 0.15) is 30.4 Å². The molecule has 4 aromatic rings. The molecule has 1 heterocycles. The number of urea groups is 1. The van der Waals surface area contributed by atoms with E-state index in [4.69, 9.17) is 25.8 Å². The number of ether oxygens (including phenoxy) is 3. The van der Waals surface area contributed by atoms with E-state index in [2.05, 4.69) is 21.2 Å². The predicted octanol–water partition coefficient (Wildman–Crippen LogP) is 7.46. The molecule has 0 unspecified atom stereocenters. The lowest BCUT2D eigenvalue weighted by Gasteiger charge is -2.26. The molecule has 0 atom stereocenters. The summed E-state index contributed by atoms with van der Waals surface area (Å²) in [5.41, 5.74) is 1.98. The topological polar surface area (TPSA) is 94.2 Å². The summed E-state index contributed by atoms with van der Waals surface area (Å²) in [5, 5.41) is 2.85. The molecule has 5 rings (SSSR count). The summed E-state index contributed by atoms with van der Waals surface area (Å²) in [4.78, 5) is 39.8. The maximum absolute atomic E-state index is 13.6. The number of amides is 4. The molecule has 0 aromatic heterocycles. The molecule has 0 spiro atoms. The maximum Gasteiger partial charge on any atom is 0.335 e. The van der Waals surface area contributed by atoms with E-state index in [9.17, 15) is 18.8 Å². The lowest BCUT2D eigenvalue weighted by Crippen LogP contribution is -2.54. The lowest BCUT2D eigenvalue weighted by molar-refractivity contribution is -0.122. The molecule has 0 aliphatic carbocycles. The van der Waals surface area contributed by atoms with Gasteiger partial charge in [-0.2, -0.15) is 0 Å². The van der Waals surface area contributed by atoms with Gasteiger partial charge >= 0.3 is 6.03 Å². The first-order valence-electron chi connectivity index (χ1n) is 13.4. The van der Waals surface area contributed by atoms with E-state index in [-0.39, 0.29) is 23.7 Å². The molecule has 1 N–H and O–H groups in total. The van der Waals surface area contributed by atoms with Crippen LogP contribution in [0, 0.1) is 5.82 Å². The number of nitrogens with zero attached hydrogens (tertiary/aromatic N) is 1. The van der Waals surface area contributed by atoms with E-state index in [1.807, 2.05) is 12.1 Å². The van der Waals surface area contributed by atoms with Gasteiger partial charge in [-0.3, -0.25) is 14.9 Å². The number of hydrogen-bond acceptors (Lipinski definition) is 6. The Bertz CT molecular complexity index is 1740. The number of rotatable bonds is 10. The van der Waals surface area contributed by atoms with Crippen molar-refractivity contribution in [2.45, 2.75) is 20.1 Å². The number of barbiturate groups is 1. The SMILES string of the molecule is CCOc1cc(/C=C2\C(=O)NC(=O)N(c3ccc(OCc4ccc(Cl)cc4)cc3)C2=O)cc(Br)c1OCc1cccc(F)c1. The van der Waals surface area contributed by atoms with Crippen molar-refractivity contribution in [3.05, 3.63) is 123 Å². The van der Waals surface area contributed by atoms with Crippen LogP contribution in [0.1, 0.15) is 23.6 Å². The third kappa shape index (κ3) is 7.27. The van der Waals surface area contributed by atoms with Gasteiger partial charge in [0.05, 0.1) is 16.8 Å². The number of imide groups is 2. The second kappa shape index (κ2) is 13.7. The molecule has 0 saturated carbocycles. The van der Waals surface area contributed by atoms with Crippen LogP contribution < -0.4 is 24.4 Å². The Kier molecular flexibility index (Phi) is 9.62. The van der Waals surface area contributed by atoms with Crippen molar-refractivity contribution in [2.24, 2.45) is 0 Å². The Balaban J connectivity index is 1.35. The molecule has 44 heavy (non-hydrogen) atoms. The third-order valence-corrected chi connectivity index (χ3v) is 7.27. The second-order valence-corrected chi connectivity index (χ2v) is 10.8. The van der Waals surface area contributed by atoms with Crippen LogP contribution in [0.3, 0.4) is 0 Å². The van der Waals surface area contributed by atoms with Crippen LogP contribution in [0.2, 0.25) is 5.02 Å². The summed E-state index contributed by atoms with van der Waals surface area (Å²) in [6.45, 7) is 2.49. The van der Waals surface area contributed by atoms with E-state index < -0.39 is 17.8 Å². The van der Waals surface area contributed by atoms with Crippen molar-refractivity contribution in [2.75, 3.05) is 11.5 Å². The molecular formula is C33H25BrClFN2O6. The van der Waals surface area contributed by atoms with E-state index in [1.165, 1.54) is 18.2 Å². The highest BCUT2D eigenvalue weighted by molar-refractivity contribution is 9.10. The van der Waals surface area contributed by atoms with Crippen LogP contribution in [0.15, 0.2) is 95.0 Å². The highest BCUT2D eigenvalue weighted by Gasteiger charge is 2.37. The zero-order chi connectivity index (χ0) is 31.2. The van der Waals surface area contributed by atoms with Gasteiger partial charge in [-0.1, -0.05) is 35.9 Å². The van der Waals surface area contributed by atoms with Crippen molar-refractivity contribution < 1.29 is 33.0 Å². The minimum atomic E-state index is -0.871. The van der Waals surface area contributed by atoms with Crippen LogP contribution in [-0.4, -0.2) is 24.5 Å². The smallest absolute Gasteiger partial charge is 0.335 e. The zero-order valence-electron chi connectivity index (χ0n) is 23.3. The van der Waals surface area contributed by atoms with E-state index >= 15 is 0 Å². The standard InChI is InChI=1S/C33H25BrClFN2O6/c1-2-42-29-17-22(16-28(34)30(29)44-19-21-4-3-5-24(36)14-21)15-27-31(39)37-33(41)38(32(27)40)25-10-12-26(13-11-25)43-18-20-6-8-23(35)9-7-20/h3-17H,2,18-19H2,1H3,(H,37,39,41)/b27-15+. The number of nitrogens with one attached hydrogen (secondary N) is 1. The molecule has 1 aliphatic rings. The van der Waals surface area contributed by atoms with Gasteiger partial charge in [0.15, 0.2) is 11.5 Å². The normalized spacial score (nSPS) is 14.0. The van der Waals surface area contributed by atoms with Gasteiger partial charge in [0.25, 0.3) is 11.8 Å². The Labute approximate surface area is 266 Å². The van der Waals surface area contributed by atoms with Crippen LogP contribution in [0.4, 0.5) is 14.9 Å². The number of carbonyl (C=O) groups excluding carboxylic acids is 3. The van der Waals surface area contributed by atoms with Gasteiger partial charge in [-0.05, 0) is 106 Å². The van der Waals surface area contributed by atoms with Crippen molar-refractivity contribution in [3.63, 3.8) is 0 Å². The number of benzene rings is 4. The Morgan fingerprint density at radius 1 is 0.886 bits per heavy atom. The monoisotopic (exact) mass is 678 g/mol. The summed E-state index contributed by atoms with van der Waals surface area (Å²) in [6, 6.07) is 22.0. The average molecular weight is 680 g/mol. The highest BCUT2D eigenvalue weighted by Crippen LogP contribution is 2.38. The minimum Gasteiger partial charge on any atom is -0.490 e. The fraction of sp³-hybridized carbons (Fsp3) is 0.121. The van der Waals surface area contributed by atoms with Crippen LogP contribution >= 0.6 is 27.5 Å². The molecule has 1 fully saturated rings. The fourth-order valence-electron chi connectivity index (χ4n) is 4.35. The van der Waals surface area contributed by atoms with E-state index in [0.717, 1.165) is 10.5 Å². The Morgan fingerprint density at radius 2 is 1.61 bits per heavy atom. The first-order valence-corrected chi connectivity index (χ1v) is 14.6. The van der Waals surface area contributed by atoms with Gasteiger partial charge in [-0.15, -0.1) is 0 Å². The second-order valence-electron chi connectivity index (χ2n) is 9.55. The molecule has 4 aromatic carbocycles. The molecular weight excluding hydrogens is 655 g/mol. The van der Waals surface area contributed by atoms with Gasteiger partial charge in [0, 0.05) is 5.02 Å². The molecule has 0 bridgehead atoms. The number of halogens is 3. The van der Waals surface area contributed by atoms with Gasteiger partial charge < -0.3 is 14.2 Å². The van der Waals surface area contributed by atoms with Crippen molar-refractivity contribution >= 4 is 57.1 Å². The summed E-state index contributed by atoms with van der Waals surface area (Å²) in [5.74, 6) is -0.774. The molecule has 224 valence electrons. The first-order chi connectivity index (χ1) is 21.2. The molecule has 1 aliphatic heterocycles. The summed E-state index contributed by atoms with van der Waals surface area (Å²) in [7, 11) is 0. The Hall–Kier alpha value is -4.67. The van der Waals surface area contributed by atoms with Crippen LogP contribution in [0.25, 0.3) is 6.08 Å². The molecule has 0 radical (unpaired) electrons. The largest absolute Gasteiger partial charge is 0.490 e. The van der Waals surface area contributed by atoms with Crippen molar-refractivity contribution in [1.29, 1.82) is 0 Å². The third-order valence-electron chi connectivity index (χ3n) is 6.43. The number of carbonyl (C=O) groups is 3. The quantitative estimate of drug-likeness (QED) is 0.138. The van der Waals surface area contributed by atoms with Crippen molar-refractivity contribution in [3.8, 4) is 17.2 Å². The first kappa shape index (κ1) is 30.8. The molecule has 11 heteroatoms. The fourth-order valence-corrected chi connectivity index (χ4v) is 5.05. The average Bonchev–Trinajstić information content (AvgIpc) is 2.99. The predicted molar refractivity (Wildman–Crippen MR) is 167 cm³/mol. The minimum absolute atomic E-state index is 0.0831. The van der Waals surface area contributed by atoms with Crippen LogP contribution in [-0.2, 0) is 22.8 Å². The molecule has 8 nitrogen and oxygen atoms in total. The molecule has 4 amide bonds. The number of hydrogen-bond donors (Lipinski definition) is 1. The zero-order valence-corrected chi connectivity index (χ0v) is 25.7.